The molecule has 5 aliphatic rings. The predicted octanol–water partition coefficient (Wildman–Crippen LogP) is 5.42. The van der Waals surface area contributed by atoms with Crippen LogP contribution in [0.25, 0.3) is 0 Å². The molecule has 1 saturated carbocycles. The second kappa shape index (κ2) is 24.9. The van der Waals surface area contributed by atoms with E-state index in [9.17, 15) is 39.3 Å². The molecule has 4 aliphatic heterocycles. The van der Waals surface area contributed by atoms with Gasteiger partial charge >= 0.3 is 5.97 Å². The van der Waals surface area contributed by atoms with Crippen molar-refractivity contribution in [3.05, 3.63) is 47.6 Å². The predicted molar refractivity (Wildman–Crippen MR) is 249 cm³/mol. The van der Waals surface area contributed by atoms with Crippen molar-refractivity contribution in [3.63, 3.8) is 0 Å². The molecular weight excluding hydrogens is 863 g/mol. The van der Waals surface area contributed by atoms with Gasteiger partial charge in [0, 0.05) is 64.4 Å². The highest BCUT2D eigenvalue weighted by atomic mass is 16.6. The third-order valence-electron chi connectivity index (χ3n) is 15.3. The highest BCUT2D eigenvalue weighted by Crippen LogP contribution is 2.45. The lowest BCUT2D eigenvalue weighted by Gasteiger charge is -2.50. The van der Waals surface area contributed by atoms with Gasteiger partial charge in [0.15, 0.2) is 5.78 Å². The fourth-order valence-corrected chi connectivity index (χ4v) is 11.3. The fourth-order valence-electron chi connectivity index (χ4n) is 11.3. The van der Waals surface area contributed by atoms with Crippen molar-refractivity contribution < 1.29 is 67.7 Å². The van der Waals surface area contributed by atoms with Crippen molar-refractivity contribution in [3.8, 4) is 0 Å². The van der Waals surface area contributed by atoms with Crippen LogP contribution in [0.1, 0.15) is 112 Å². The van der Waals surface area contributed by atoms with E-state index >= 15 is 0 Å². The molecule has 0 radical (unpaired) electrons. The Hall–Kier alpha value is -3.41. The number of rotatable bonds is 8. The van der Waals surface area contributed by atoms with Crippen LogP contribution in [0.2, 0.25) is 0 Å². The molecule has 5 rings (SSSR count). The normalized spacial score (nSPS) is 41.0. The van der Waals surface area contributed by atoms with Crippen LogP contribution < -0.4 is 0 Å². The van der Waals surface area contributed by atoms with Crippen molar-refractivity contribution in [2.45, 2.75) is 167 Å². The van der Waals surface area contributed by atoms with Gasteiger partial charge in [-0.3, -0.25) is 19.2 Å². The molecule has 0 spiro atoms. The Bertz CT molecular complexity index is 1840. The Balaban J connectivity index is 1.51. The number of fused-ring (bicyclic) bond motifs is 3. The molecule has 4 heterocycles. The summed E-state index contributed by atoms with van der Waals surface area (Å²) in [6.07, 6.45) is 11.6. The summed E-state index contributed by atoms with van der Waals surface area (Å²) in [4.78, 5) is 72.4. The largest absolute Gasteiger partial charge is 0.460 e. The third kappa shape index (κ3) is 13.3. The molecule has 16 atom stereocenters. The van der Waals surface area contributed by atoms with Gasteiger partial charge in [-0.1, -0.05) is 64.2 Å². The molecule has 67 heavy (non-hydrogen) atoms. The minimum Gasteiger partial charge on any atom is -0.460 e. The quantitative estimate of drug-likeness (QED) is 0.158. The number of piperidine rings is 1. The van der Waals surface area contributed by atoms with Gasteiger partial charge in [-0.2, -0.15) is 0 Å². The van der Waals surface area contributed by atoms with E-state index in [0.717, 1.165) is 12.0 Å². The standard InChI is InChI=1S/C52H79NO14/c1-30-14-11-10-12-15-31(2)42(62-7)28-37-19-17-35(6)52(61,67-37)49(58)50(59)53-21-13-16-38-39(26-36-18-20-41(65-23-22-54)44(27-36)63-8)43(66-51(60)45(38)53)29-40(55)32(3)25-34(5)47(57)48(64-9)46(56)33(4)24-30/h10-12,14-15,25,30,32-33,35-39,41-45,47-48,54,57,61H,13,16-24,26-29H2,1-9H3/b12-10+,14-11+,31-15?,34-25+/t30-,32?,33-,35-,36+,37+,38?,39+,41-,42+,43+,44-,45+,47-,48+,52-/m1/s1. The van der Waals surface area contributed by atoms with Gasteiger partial charge in [-0.25, -0.2) is 4.79 Å². The minimum atomic E-state index is -2.44. The Morgan fingerprint density at radius 1 is 0.851 bits per heavy atom. The second-order valence-corrected chi connectivity index (χ2v) is 20.1. The summed E-state index contributed by atoms with van der Waals surface area (Å²) in [7, 11) is 4.59. The number of hydrogen-bond donors (Lipinski definition) is 3. The molecule has 15 heteroatoms. The zero-order valence-electron chi connectivity index (χ0n) is 41.3. The van der Waals surface area contributed by atoms with Crippen LogP contribution in [0.15, 0.2) is 47.6 Å². The van der Waals surface area contributed by atoms with Crippen LogP contribution in [0.3, 0.4) is 0 Å². The fraction of sp³-hybridized carbons (Fsp3) is 0.750. The van der Waals surface area contributed by atoms with E-state index in [1.807, 2.05) is 51.2 Å². The van der Waals surface area contributed by atoms with Gasteiger partial charge < -0.3 is 48.6 Å². The van der Waals surface area contributed by atoms with E-state index in [1.54, 1.807) is 41.1 Å². The van der Waals surface area contributed by atoms with Gasteiger partial charge in [0.25, 0.3) is 11.7 Å². The number of Topliss-reactive ketones (excluding diaryl/α,β-unsaturated/α-hetero) is 3. The molecular formula is C52H79NO14. The van der Waals surface area contributed by atoms with Gasteiger partial charge in [-0.15, -0.1) is 0 Å². The number of aliphatic hydroxyl groups excluding tert-OH is 2. The van der Waals surface area contributed by atoms with Crippen molar-refractivity contribution in [2.75, 3.05) is 41.1 Å². The van der Waals surface area contributed by atoms with Crippen LogP contribution in [0, 0.1) is 41.4 Å². The average molecular weight is 942 g/mol. The number of methoxy groups -OCH3 is 3. The molecule has 1 aliphatic carbocycles. The number of esters is 1. The maximum Gasteiger partial charge on any atom is 0.329 e. The first-order valence-corrected chi connectivity index (χ1v) is 24.6. The molecule has 0 aromatic carbocycles. The Kier molecular flexibility index (Phi) is 20.3. The number of ether oxygens (including phenoxy) is 6. The van der Waals surface area contributed by atoms with E-state index in [0.29, 0.717) is 63.4 Å². The lowest BCUT2D eigenvalue weighted by molar-refractivity contribution is -0.266. The van der Waals surface area contributed by atoms with Crippen LogP contribution in [-0.4, -0.2) is 145 Å². The zero-order chi connectivity index (χ0) is 49.2. The summed E-state index contributed by atoms with van der Waals surface area (Å²) in [5.74, 6) is -8.43. The first kappa shape index (κ1) is 54.5. The first-order chi connectivity index (χ1) is 31.9. The number of amides is 1. The molecule has 3 N–H and O–H groups in total. The molecule has 0 aromatic heterocycles. The summed E-state index contributed by atoms with van der Waals surface area (Å²) in [6.45, 7) is 11.0. The lowest BCUT2D eigenvalue weighted by atomic mass is 9.68. The van der Waals surface area contributed by atoms with E-state index in [2.05, 4.69) is 0 Å². The topological polar surface area (TPSA) is 205 Å². The van der Waals surface area contributed by atoms with Gasteiger partial charge in [0.1, 0.15) is 30.1 Å². The minimum absolute atomic E-state index is 0.0196. The molecule has 4 fully saturated rings. The second-order valence-electron chi connectivity index (χ2n) is 20.1. The van der Waals surface area contributed by atoms with Crippen molar-refractivity contribution in [2.24, 2.45) is 41.4 Å². The molecule has 1 amide bonds. The Morgan fingerprint density at radius 2 is 1.60 bits per heavy atom. The summed E-state index contributed by atoms with van der Waals surface area (Å²) >= 11 is 0. The number of nitrogens with zero attached hydrogens (tertiary/aromatic N) is 1. The zero-order valence-corrected chi connectivity index (χ0v) is 41.3. The molecule has 2 unspecified atom stereocenters. The summed E-state index contributed by atoms with van der Waals surface area (Å²) < 4.78 is 35.6. The SMILES string of the molecule is CO[C@H]1C[C@@H]2CC[C@@H](C)[C@@](O)(O2)C(=O)C(=O)N2CCCC3[C@H]2C(=O)O[C@@H](CC(=O)C(C)/C=C(\C)[C@@H](O)[C@@H](OC)C(=O)[C@H](C)C[C@H](C)/C=C/C=C/C=C1C)[C@H]3C[C@@H]1CC[C@@H](OCCO)[C@H](OC)C1. The first-order valence-electron chi connectivity index (χ1n) is 24.6. The van der Waals surface area contributed by atoms with Crippen molar-refractivity contribution in [1.82, 2.24) is 4.90 Å². The molecule has 376 valence electrons. The molecule has 0 aromatic rings. The maximum atomic E-state index is 14.5. The summed E-state index contributed by atoms with van der Waals surface area (Å²) in [6, 6.07) is -1.13. The van der Waals surface area contributed by atoms with Crippen LogP contribution in [0.5, 0.6) is 0 Å². The number of carbonyl (C=O) groups excluding carboxylic acids is 5. The number of hydrogen-bond acceptors (Lipinski definition) is 14. The van der Waals surface area contributed by atoms with Crippen LogP contribution in [0.4, 0.5) is 0 Å². The van der Waals surface area contributed by atoms with Crippen LogP contribution in [-0.2, 0) is 52.4 Å². The lowest BCUT2D eigenvalue weighted by Crippen LogP contribution is -2.65. The molecule has 3 saturated heterocycles. The molecule has 15 nitrogen and oxygen atoms in total. The van der Waals surface area contributed by atoms with Crippen LogP contribution >= 0.6 is 0 Å². The summed E-state index contributed by atoms with van der Waals surface area (Å²) in [5, 5.41) is 32.9. The van der Waals surface area contributed by atoms with Gasteiger partial charge in [0.05, 0.1) is 37.6 Å². The number of allylic oxidation sites excluding steroid dienone is 6. The van der Waals surface area contributed by atoms with E-state index in [-0.39, 0.29) is 61.8 Å². The van der Waals surface area contributed by atoms with Gasteiger partial charge in [0.2, 0.25) is 5.79 Å². The smallest absolute Gasteiger partial charge is 0.329 e. The highest BCUT2D eigenvalue weighted by molar-refractivity contribution is 6.39. The van der Waals surface area contributed by atoms with Gasteiger partial charge in [-0.05, 0) is 101 Å². The number of aliphatic hydroxyl groups is 3. The highest BCUT2D eigenvalue weighted by Gasteiger charge is 2.57. The number of ketones is 3. The summed E-state index contributed by atoms with van der Waals surface area (Å²) in [5.41, 5.74) is 1.28. The Morgan fingerprint density at radius 3 is 2.28 bits per heavy atom. The van der Waals surface area contributed by atoms with E-state index in [4.69, 9.17) is 28.4 Å². The molecule has 6 bridgehead atoms. The van der Waals surface area contributed by atoms with Crippen molar-refractivity contribution in [1.29, 1.82) is 0 Å². The third-order valence-corrected chi connectivity index (χ3v) is 15.3. The maximum absolute atomic E-state index is 14.5. The van der Waals surface area contributed by atoms with Crippen molar-refractivity contribution >= 4 is 29.2 Å². The van der Waals surface area contributed by atoms with E-state index in [1.165, 1.54) is 12.0 Å². The number of carbonyl (C=O) groups is 5. The average Bonchev–Trinajstić information content (AvgIpc) is 3.31. The monoisotopic (exact) mass is 942 g/mol. The van der Waals surface area contributed by atoms with E-state index < -0.39 is 89.6 Å². The Labute approximate surface area is 397 Å².